The molecule has 0 saturated carbocycles. The Kier molecular flexibility index (Phi) is 4.34. The topological polar surface area (TPSA) is 43.1 Å². The zero-order valence-corrected chi connectivity index (χ0v) is 7.92. The Labute approximate surface area is 69.2 Å². The van der Waals surface area contributed by atoms with E-state index < -0.39 is 0 Å². The van der Waals surface area contributed by atoms with Crippen LogP contribution < -0.4 is 5.73 Å². The molecule has 2 unspecified atom stereocenters. The number of hydrogen-bond acceptors (Lipinski definition) is 2. The summed E-state index contributed by atoms with van der Waals surface area (Å²) < 4.78 is 0. The van der Waals surface area contributed by atoms with Gasteiger partial charge in [0, 0.05) is 5.92 Å². The molecule has 0 aromatic carbocycles. The van der Waals surface area contributed by atoms with E-state index in [-0.39, 0.29) is 23.7 Å². The highest BCUT2D eigenvalue weighted by molar-refractivity contribution is 5.85. The first-order valence-corrected chi connectivity index (χ1v) is 4.30. The van der Waals surface area contributed by atoms with E-state index in [0.29, 0.717) is 0 Å². The van der Waals surface area contributed by atoms with E-state index in [0.717, 1.165) is 6.42 Å². The average Bonchev–Trinajstić information content (AvgIpc) is 2.00. The zero-order chi connectivity index (χ0) is 9.02. The van der Waals surface area contributed by atoms with Crippen molar-refractivity contribution in [3.05, 3.63) is 0 Å². The molecule has 0 bridgehead atoms. The fourth-order valence-corrected chi connectivity index (χ4v) is 0.858. The molecular formula is C9H19NO. The Morgan fingerprint density at radius 2 is 1.82 bits per heavy atom. The van der Waals surface area contributed by atoms with E-state index in [9.17, 15) is 4.79 Å². The lowest BCUT2D eigenvalue weighted by Gasteiger charge is -2.17. The van der Waals surface area contributed by atoms with E-state index in [1.807, 2.05) is 27.7 Å². The van der Waals surface area contributed by atoms with Crippen LogP contribution in [-0.4, -0.2) is 11.8 Å². The predicted molar refractivity (Wildman–Crippen MR) is 47.3 cm³/mol. The molecule has 0 fully saturated rings. The van der Waals surface area contributed by atoms with E-state index >= 15 is 0 Å². The molecule has 0 aliphatic carbocycles. The third kappa shape index (κ3) is 3.02. The number of nitrogens with two attached hydrogens (primary N) is 1. The molecule has 0 aliphatic heterocycles. The van der Waals surface area contributed by atoms with Crippen LogP contribution in [-0.2, 0) is 4.79 Å². The maximum Gasteiger partial charge on any atom is 0.152 e. The Hall–Kier alpha value is -0.370. The summed E-state index contributed by atoms with van der Waals surface area (Å²) in [7, 11) is 0. The van der Waals surface area contributed by atoms with E-state index in [1.165, 1.54) is 0 Å². The molecule has 0 aromatic rings. The van der Waals surface area contributed by atoms with E-state index in [2.05, 4.69) is 0 Å². The van der Waals surface area contributed by atoms with Crippen molar-refractivity contribution in [1.29, 1.82) is 0 Å². The molecule has 0 saturated heterocycles. The second kappa shape index (κ2) is 4.50. The van der Waals surface area contributed by atoms with Crippen LogP contribution >= 0.6 is 0 Å². The summed E-state index contributed by atoms with van der Waals surface area (Å²) in [4.78, 5) is 11.4. The maximum absolute atomic E-state index is 11.4. The molecule has 0 radical (unpaired) electrons. The third-order valence-electron chi connectivity index (χ3n) is 2.14. The van der Waals surface area contributed by atoms with Gasteiger partial charge in [0.1, 0.15) is 0 Å². The summed E-state index contributed by atoms with van der Waals surface area (Å²) >= 11 is 0. The van der Waals surface area contributed by atoms with Crippen molar-refractivity contribution in [3.8, 4) is 0 Å². The Bertz CT molecular complexity index is 132. The first kappa shape index (κ1) is 10.6. The van der Waals surface area contributed by atoms with Crippen LogP contribution in [0, 0.1) is 11.8 Å². The number of ketones is 1. The molecule has 2 heteroatoms. The lowest BCUT2D eigenvalue weighted by atomic mass is 9.91. The van der Waals surface area contributed by atoms with Crippen molar-refractivity contribution >= 4 is 5.78 Å². The second-order valence-corrected chi connectivity index (χ2v) is 3.48. The van der Waals surface area contributed by atoms with Crippen LogP contribution in [0.2, 0.25) is 0 Å². The van der Waals surface area contributed by atoms with Gasteiger partial charge < -0.3 is 5.73 Å². The normalized spacial score (nSPS) is 16.5. The van der Waals surface area contributed by atoms with Gasteiger partial charge in [-0.25, -0.2) is 0 Å². The molecule has 11 heavy (non-hydrogen) atoms. The highest BCUT2D eigenvalue weighted by Gasteiger charge is 2.21. The zero-order valence-electron chi connectivity index (χ0n) is 7.92. The van der Waals surface area contributed by atoms with Crippen LogP contribution in [0.1, 0.15) is 34.1 Å². The number of carbonyl (C=O) groups excluding carboxylic acids is 1. The molecule has 0 rings (SSSR count). The van der Waals surface area contributed by atoms with Gasteiger partial charge in [0.05, 0.1) is 6.04 Å². The minimum atomic E-state index is -0.273. The maximum atomic E-state index is 11.4. The predicted octanol–water partition coefficient (Wildman–Crippen LogP) is 1.58. The summed E-state index contributed by atoms with van der Waals surface area (Å²) in [5, 5.41) is 0. The first-order chi connectivity index (χ1) is 5.00. The second-order valence-electron chi connectivity index (χ2n) is 3.48. The summed E-state index contributed by atoms with van der Waals surface area (Å²) in [6, 6.07) is -0.273. The number of hydrogen-bond donors (Lipinski definition) is 1. The van der Waals surface area contributed by atoms with Crippen molar-refractivity contribution in [2.24, 2.45) is 17.6 Å². The minimum Gasteiger partial charge on any atom is -0.321 e. The van der Waals surface area contributed by atoms with Gasteiger partial charge in [0.15, 0.2) is 5.78 Å². The van der Waals surface area contributed by atoms with Gasteiger partial charge in [-0.15, -0.1) is 0 Å². The Morgan fingerprint density at radius 3 is 2.09 bits per heavy atom. The molecular weight excluding hydrogens is 138 g/mol. The van der Waals surface area contributed by atoms with Crippen LogP contribution in [0.25, 0.3) is 0 Å². The average molecular weight is 157 g/mol. The van der Waals surface area contributed by atoms with Crippen LogP contribution in [0.5, 0.6) is 0 Å². The van der Waals surface area contributed by atoms with E-state index in [1.54, 1.807) is 0 Å². The van der Waals surface area contributed by atoms with Crippen LogP contribution in [0.4, 0.5) is 0 Å². The quantitative estimate of drug-likeness (QED) is 0.673. The standard InChI is InChI=1S/C9H19NO/c1-5-7(4)9(11)8(10)6(2)3/h6-8H,5,10H2,1-4H3. The van der Waals surface area contributed by atoms with Crippen molar-refractivity contribution in [2.75, 3.05) is 0 Å². The van der Waals surface area contributed by atoms with Crippen molar-refractivity contribution in [2.45, 2.75) is 40.2 Å². The summed E-state index contributed by atoms with van der Waals surface area (Å²) in [5.41, 5.74) is 5.69. The van der Waals surface area contributed by atoms with Gasteiger partial charge in [0.25, 0.3) is 0 Å². The SMILES string of the molecule is CCC(C)C(=O)C(N)C(C)C. The number of rotatable bonds is 4. The summed E-state index contributed by atoms with van der Waals surface area (Å²) in [6.45, 7) is 7.90. The monoisotopic (exact) mass is 157 g/mol. The van der Waals surface area contributed by atoms with Crippen molar-refractivity contribution < 1.29 is 4.79 Å². The van der Waals surface area contributed by atoms with Crippen LogP contribution in [0.3, 0.4) is 0 Å². The van der Waals surface area contributed by atoms with Gasteiger partial charge in [-0.3, -0.25) is 4.79 Å². The molecule has 0 heterocycles. The van der Waals surface area contributed by atoms with Gasteiger partial charge in [0.2, 0.25) is 0 Å². The molecule has 0 amide bonds. The van der Waals surface area contributed by atoms with Gasteiger partial charge in [-0.05, 0) is 12.3 Å². The van der Waals surface area contributed by atoms with Crippen LogP contribution in [0.15, 0.2) is 0 Å². The number of Topliss-reactive ketones (excluding diaryl/α,β-unsaturated/α-hetero) is 1. The van der Waals surface area contributed by atoms with Gasteiger partial charge in [-0.1, -0.05) is 27.7 Å². The minimum absolute atomic E-state index is 0.118. The third-order valence-corrected chi connectivity index (χ3v) is 2.14. The Morgan fingerprint density at radius 1 is 1.36 bits per heavy atom. The molecule has 0 aliphatic rings. The Balaban J connectivity index is 4.02. The highest BCUT2D eigenvalue weighted by atomic mass is 16.1. The highest BCUT2D eigenvalue weighted by Crippen LogP contribution is 2.09. The number of carbonyl (C=O) groups is 1. The summed E-state index contributed by atoms with van der Waals surface area (Å²) in [6.07, 6.45) is 0.888. The lowest BCUT2D eigenvalue weighted by molar-refractivity contribution is -0.124. The van der Waals surface area contributed by atoms with Gasteiger partial charge >= 0.3 is 0 Å². The molecule has 0 aromatic heterocycles. The van der Waals surface area contributed by atoms with Gasteiger partial charge in [-0.2, -0.15) is 0 Å². The molecule has 2 nitrogen and oxygen atoms in total. The molecule has 2 atom stereocenters. The van der Waals surface area contributed by atoms with E-state index in [4.69, 9.17) is 5.73 Å². The fourth-order valence-electron chi connectivity index (χ4n) is 0.858. The molecule has 66 valence electrons. The summed E-state index contributed by atoms with van der Waals surface area (Å²) in [5.74, 6) is 0.575. The molecule has 2 N–H and O–H groups in total. The largest absolute Gasteiger partial charge is 0.321 e. The first-order valence-electron chi connectivity index (χ1n) is 4.30. The fraction of sp³-hybridized carbons (Fsp3) is 0.889. The lowest BCUT2D eigenvalue weighted by Crippen LogP contribution is -2.38. The van der Waals surface area contributed by atoms with Crippen molar-refractivity contribution in [3.63, 3.8) is 0 Å². The van der Waals surface area contributed by atoms with Crippen molar-refractivity contribution in [1.82, 2.24) is 0 Å². The smallest absolute Gasteiger partial charge is 0.152 e. The molecule has 0 spiro atoms.